The fraction of sp³-hybridized carbons (Fsp3) is 0.600. The van der Waals surface area contributed by atoms with Gasteiger partial charge in [0, 0.05) is 49.6 Å². The highest BCUT2D eigenvalue weighted by Crippen LogP contribution is 2.42. The lowest BCUT2D eigenvalue weighted by molar-refractivity contribution is 0.325. The monoisotopic (exact) mass is 371 g/mol. The Morgan fingerprint density at radius 1 is 1.15 bits per heavy atom. The van der Waals surface area contributed by atoms with Crippen LogP contribution in [0.2, 0.25) is 0 Å². The van der Waals surface area contributed by atoms with Crippen molar-refractivity contribution in [2.45, 2.75) is 63.5 Å². The first-order valence-electron chi connectivity index (χ1n) is 9.72. The summed E-state index contributed by atoms with van der Waals surface area (Å²) >= 11 is 4.63. The fourth-order valence-corrected chi connectivity index (χ4v) is 4.84. The van der Waals surface area contributed by atoms with Crippen LogP contribution in [0.4, 0.5) is 5.82 Å². The number of fused-ring (bicyclic) bond motifs is 1. The molecule has 4 rings (SSSR count). The van der Waals surface area contributed by atoms with E-state index in [4.69, 9.17) is 4.98 Å². The Balaban J connectivity index is 1.53. The maximum atomic E-state index is 4.77. The van der Waals surface area contributed by atoms with E-state index in [0.29, 0.717) is 23.9 Å². The Kier molecular flexibility index (Phi) is 4.97. The minimum Gasteiger partial charge on any atom is -0.312 e. The van der Waals surface area contributed by atoms with Crippen molar-refractivity contribution >= 4 is 18.6 Å². The van der Waals surface area contributed by atoms with Crippen molar-refractivity contribution < 1.29 is 0 Å². The van der Waals surface area contributed by atoms with E-state index in [2.05, 4.69) is 55.5 Å². The van der Waals surface area contributed by atoms with Crippen LogP contribution in [0.3, 0.4) is 0 Å². The molecule has 2 aromatic rings. The molecule has 0 radical (unpaired) electrons. The largest absolute Gasteiger partial charge is 0.312 e. The first-order chi connectivity index (χ1) is 12.5. The molecule has 140 valence electrons. The third kappa shape index (κ3) is 3.49. The molecule has 1 N–H and O–H groups in total. The summed E-state index contributed by atoms with van der Waals surface area (Å²) in [5, 5.41) is 8.04. The van der Waals surface area contributed by atoms with Gasteiger partial charge in [-0.2, -0.15) is 5.10 Å². The summed E-state index contributed by atoms with van der Waals surface area (Å²) in [6.07, 6.45) is 11.2. The van der Waals surface area contributed by atoms with Gasteiger partial charge in [0.1, 0.15) is 5.82 Å². The molecule has 0 bridgehead atoms. The van der Waals surface area contributed by atoms with Crippen LogP contribution in [0.15, 0.2) is 24.7 Å². The van der Waals surface area contributed by atoms with Crippen LogP contribution in [-0.4, -0.2) is 33.4 Å². The number of hydrogen-bond acceptors (Lipinski definition) is 5. The second kappa shape index (κ2) is 7.24. The van der Waals surface area contributed by atoms with E-state index in [1.54, 1.807) is 0 Å². The number of thiol groups is 1. The molecule has 1 unspecified atom stereocenters. The molecule has 0 aromatic carbocycles. The quantitative estimate of drug-likeness (QED) is 0.806. The Labute approximate surface area is 161 Å². The molecule has 2 aliphatic rings. The highest BCUT2D eigenvalue weighted by Gasteiger charge is 2.32. The maximum Gasteiger partial charge on any atom is 0.142 e. The van der Waals surface area contributed by atoms with Gasteiger partial charge in [0.05, 0.1) is 6.20 Å². The molecular weight excluding hydrogens is 342 g/mol. The summed E-state index contributed by atoms with van der Waals surface area (Å²) in [6, 6.07) is 3.63. The highest BCUT2D eigenvalue weighted by atomic mass is 32.1. The first kappa shape index (κ1) is 17.9. The molecule has 1 fully saturated rings. The van der Waals surface area contributed by atoms with Crippen LogP contribution >= 0.6 is 12.8 Å². The zero-order valence-corrected chi connectivity index (χ0v) is 16.8. The number of hydrogen-bond donors (Lipinski definition) is 2. The van der Waals surface area contributed by atoms with E-state index in [9.17, 15) is 0 Å². The molecule has 1 aliphatic heterocycles. The van der Waals surface area contributed by atoms with E-state index < -0.39 is 0 Å². The standard InChI is InChI=1S/C20H29N5S/c1-13(2)23-17-6-4-14(5-7-17)15-8-18-19(16-10-22-24(3)11-16)12-25(26)20(18)21-9-15/h8-11,13-14,17,19,23,26H,4-7,12H2,1-3H3. The van der Waals surface area contributed by atoms with Crippen molar-refractivity contribution in [3.05, 3.63) is 41.3 Å². The Morgan fingerprint density at radius 2 is 1.92 bits per heavy atom. The topological polar surface area (TPSA) is 46.0 Å². The van der Waals surface area contributed by atoms with Crippen LogP contribution in [0, 0.1) is 0 Å². The number of aromatic nitrogens is 3. The van der Waals surface area contributed by atoms with Crippen molar-refractivity contribution in [3.8, 4) is 0 Å². The fourth-order valence-electron chi connectivity index (χ4n) is 4.51. The minimum atomic E-state index is 0.308. The lowest BCUT2D eigenvalue weighted by Gasteiger charge is -2.31. The third-order valence-corrected chi connectivity index (χ3v) is 6.14. The SMILES string of the molecule is CC(C)NC1CCC(c2cnc3c(c2)C(c2cnn(C)c2)CN3S)CC1. The van der Waals surface area contributed by atoms with Crippen LogP contribution in [0.25, 0.3) is 0 Å². The zero-order chi connectivity index (χ0) is 18.3. The molecule has 6 heteroatoms. The van der Waals surface area contributed by atoms with Crippen LogP contribution < -0.4 is 9.62 Å². The number of nitrogens with one attached hydrogen (secondary N) is 1. The molecule has 2 aromatic heterocycles. The predicted octanol–water partition coefficient (Wildman–Crippen LogP) is 3.64. The average molecular weight is 372 g/mol. The molecule has 1 saturated carbocycles. The predicted molar refractivity (Wildman–Crippen MR) is 109 cm³/mol. The summed E-state index contributed by atoms with van der Waals surface area (Å²) in [7, 11) is 1.97. The van der Waals surface area contributed by atoms with E-state index in [-0.39, 0.29) is 0 Å². The molecule has 0 amide bonds. The first-order valence-corrected chi connectivity index (χ1v) is 10.1. The van der Waals surface area contributed by atoms with Gasteiger partial charge in [0.2, 0.25) is 0 Å². The summed E-state index contributed by atoms with van der Waals surface area (Å²) in [5.74, 6) is 1.94. The Morgan fingerprint density at radius 3 is 2.58 bits per heavy atom. The smallest absolute Gasteiger partial charge is 0.142 e. The summed E-state index contributed by atoms with van der Waals surface area (Å²) in [5.41, 5.74) is 3.94. The van der Waals surface area contributed by atoms with Crippen LogP contribution in [-0.2, 0) is 7.05 Å². The summed E-state index contributed by atoms with van der Waals surface area (Å²) in [6.45, 7) is 5.32. The van der Waals surface area contributed by atoms with Gasteiger partial charge in [-0.15, -0.1) is 0 Å². The van der Waals surface area contributed by atoms with Gasteiger partial charge in [-0.25, -0.2) is 4.98 Å². The summed E-state index contributed by atoms with van der Waals surface area (Å²) in [4.78, 5) is 4.77. The maximum absolute atomic E-state index is 4.77. The van der Waals surface area contributed by atoms with Crippen molar-refractivity contribution in [2.75, 3.05) is 10.8 Å². The van der Waals surface area contributed by atoms with Crippen LogP contribution in [0.1, 0.15) is 68.1 Å². The number of rotatable bonds is 4. The number of aryl methyl sites for hydroxylation is 1. The van der Waals surface area contributed by atoms with E-state index in [1.165, 1.54) is 42.4 Å². The van der Waals surface area contributed by atoms with Crippen molar-refractivity contribution in [1.82, 2.24) is 20.1 Å². The Hall–Kier alpha value is -1.53. The molecule has 0 spiro atoms. The van der Waals surface area contributed by atoms with Crippen LogP contribution in [0.5, 0.6) is 0 Å². The van der Waals surface area contributed by atoms with Gasteiger partial charge in [-0.1, -0.05) is 26.7 Å². The van der Waals surface area contributed by atoms with Gasteiger partial charge in [-0.05, 0) is 48.8 Å². The molecule has 1 atom stereocenters. The minimum absolute atomic E-state index is 0.308. The normalized spacial score (nSPS) is 25.7. The molecular formula is C20H29N5S. The van der Waals surface area contributed by atoms with E-state index >= 15 is 0 Å². The molecule has 1 aliphatic carbocycles. The van der Waals surface area contributed by atoms with E-state index in [1.807, 2.05) is 22.2 Å². The molecule has 0 saturated heterocycles. The second-order valence-corrected chi connectivity index (χ2v) is 8.62. The van der Waals surface area contributed by atoms with Gasteiger partial charge < -0.3 is 9.62 Å². The second-order valence-electron chi connectivity index (χ2n) is 8.13. The van der Waals surface area contributed by atoms with E-state index in [0.717, 1.165) is 12.4 Å². The number of pyridine rings is 1. The molecule has 26 heavy (non-hydrogen) atoms. The number of nitrogens with zero attached hydrogens (tertiary/aromatic N) is 4. The van der Waals surface area contributed by atoms with Crippen molar-refractivity contribution in [3.63, 3.8) is 0 Å². The number of anilines is 1. The average Bonchev–Trinajstić information content (AvgIpc) is 3.18. The summed E-state index contributed by atoms with van der Waals surface area (Å²) < 4.78 is 3.84. The molecule has 5 nitrogen and oxygen atoms in total. The lowest BCUT2D eigenvalue weighted by Crippen LogP contribution is -2.37. The van der Waals surface area contributed by atoms with Gasteiger partial charge in [0.25, 0.3) is 0 Å². The van der Waals surface area contributed by atoms with Crippen molar-refractivity contribution in [1.29, 1.82) is 0 Å². The Bertz CT molecular complexity index is 763. The molecule has 3 heterocycles. The lowest BCUT2D eigenvalue weighted by atomic mass is 9.81. The zero-order valence-electron chi connectivity index (χ0n) is 15.9. The highest BCUT2D eigenvalue weighted by molar-refractivity contribution is 7.81. The van der Waals surface area contributed by atoms with Gasteiger partial charge in [-0.3, -0.25) is 4.68 Å². The van der Waals surface area contributed by atoms with Gasteiger partial charge in [0.15, 0.2) is 0 Å². The van der Waals surface area contributed by atoms with Gasteiger partial charge >= 0.3 is 0 Å². The van der Waals surface area contributed by atoms with Crippen molar-refractivity contribution in [2.24, 2.45) is 7.05 Å². The third-order valence-electron chi connectivity index (χ3n) is 5.79.